The van der Waals surface area contributed by atoms with Crippen molar-refractivity contribution >= 4 is 11.9 Å². The van der Waals surface area contributed by atoms with Crippen LogP contribution in [0.15, 0.2) is 30.3 Å². The van der Waals surface area contributed by atoms with Crippen LogP contribution in [0.2, 0.25) is 0 Å². The molecule has 0 aromatic heterocycles. The maximum absolute atomic E-state index is 12.0. The fourth-order valence-corrected chi connectivity index (χ4v) is 1.91. The minimum absolute atomic E-state index is 0.106. The van der Waals surface area contributed by atoms with Crippen molar-refractivity contribution in [1.82, 2.24) is 0 Å². The third-order valence-electron chi connectivity index (χ3n) is 2.67. The molecule has 0 heterocycles. The number of rotatable bonds is 2. The van der Waals surface area contributed by atoms with Crippen LogP contribution < -0.4 is 0 Å². The van der Waals surface area contributed by atoms with Gasteiger partial charge in [-0.05, 0) is 12.0 Å². The lowest BCUT2D eigenvalue weighted by molar-refractivity contribution is 0.0938. The molecular formula is C13H14O. The first kappa shape index (κ1) is 9.20. The number of carbonyl (C=O) groups excluding carboxylic acids is 1. The minimum Gasteiger partial charge on any atom is -0.293 e. The zero-order valence-corrected chi connectivity index (χ0v) is 8.36. The average Bonchev–Trinajstić information content (AvgIpc) is 2.23. The van der Waals surface area contributed by atoms with Crippen LogP contribution in [0.25, 0.3) is 6.08 Å². The quantitative estimate of drug-likeness (QED) is 0.692. The third-order valence-corrected chi connectivity index (χ3v) is 2.67. The van der Waals surface area contributed by atoms with Crippen molar-refractivity contribution in [3.8, 4) is 0 Å². The van der Waals surface area contributed by atoms with Gasteiger partial charge in [-0.25, -0.2) is 0 Å². The van der Waals surface area contributed by atoms with E-state index in [1.165, 1.54) is 0 Å². The van der Waals surface area contributed by atoms with Crippen LogP contribution in [-0.2, 0) is 0 Å². The number of ketones is 1. The Labute approximate surface area is 84.5 Å². The lowest BCUT2D eigenvalue weighted by atomic mass is 9.86. The van der Waals surface area contributed by atoms with Crippen molar-refractivity contribution in [2.75, 3.05) is 0 Å². The standard InChI is InChI=1S/C13H14O/c1-2-5-11-9-8-10-6-3-4-7-12(10)13(11)14/h3-4,6-9,11H,2,5H2,1H3. The van der Waals surface area contributed by atoms with Crippen LogP contribution in [-0.4, -0.2) is 5.78 Å². The summed E-state index contributed by atoms with van der Waals surface area (Å²) in [6, 6.07) is 7.81. The van der Waals surface area contributed by atoms with Gasteiger partial charge in [0.05, 0.1) is 0 Å². The number of hydrogen-bond acceptors (Lipinski definition) is 1. The fraction of sp³-hybridized carbons (Fsp3) is 0.308. The van der Waals surface area contributed by atoms with Crippen LogP contribution >= 0.6 is 0 Å². The van der Waals surface area contributed by atoms with Gasteiger partial charge in [-0.3, -0.25) is 4.79 Å². The number of benzene rings is 1. The lowest BCUT2D eigenvalue weighted by Crippen LogP contribution is -2.16. The predicted molar refractivity (Wildman–Crippen MR) is 58.2 cm³/mol. The number of Topliss-reactive ketones (excluding diaryl/α,β-unsaturated/α-hetero) is 1. The van der Waals surface area contributed by atoms with E-state index in [0.717, 1.165) is 24.0 Å². The number of hydrogen-bond donors (Lipinski definition) is 0. The summed E-state index contributed by atoms with van der Waals surface area (Å²) in [5, 5.41) is 0. The van der Waals surface area contributed by atoms with Crippen LogP contribution in [0, 0.1) is 5.92 Å². The molecule has 1 nitrogen and oxygen atoms in total. The second-order valence-corrected chi connectivity index (χ2v) is 3.71. The van der Waals surface area contributed by atoms with Crippen molar-refractivity contribution in [3.05, 3.63) is 41.5 Å². The van der Waals surface area contributed by atoms with Gasteiger partial charge >= 0.3 is 0 Å². The SMILES string of the molecule is CCCC1C=Cc2ccccc2C1=O. The average molecular weight is 186 g/mol. The van der Waals surface area contributed by atoms with Crippen LogP contribution in [0.5, 0.6) is 0 Å². The highest BCUT2D eigenvalue weighted by molar-refractivity contribution is 6.04. The van der Waals surface area contributed by atoms with E-state index in [1.54, 1.807) is 0 Å². The normalized spacial score (nSPS) is 19.5. The molecule has 14 heavy (non-hydrogen) atoms. The largest absolute Gasteiger partial charge is 0.293 e. The van der Waals surface area contributed by atoms with Crippen molar-refractivity contribution in [2.24, 2.45) is 5.92 Å². The van der Waals surface area contributed by atoms with Gasteiger partial charge in [0.2, 0.25) is 0 Å². The molecular weight excluding hydrogens is 172 g/mol. The summed E-state index contributed by atoms with van der Waals surface area (Å²) in [5.41, 5.74) is 1.94. The molecule has 1 atom stereocenters. The molecule has 1 aliphatic carbocycles. The molecule has 0 aliphatic heterocycles. The molecule has 1 aromatic carbocycles. The maximum Gasteiger partial charge on any atom is 0.170 e. The first-order valence-corrected chi connectivity index (χ1v) is 5.14. The summed E-state index contributed by atoms with van der Waals surface area (Å²) in [6.07, 6.45) is 6.12. The summed E-state index contributed by atoms with van der Waals surface area (Å²) in [4.78, 5) is 12.0. The van der Waals surface area contributed by atoms with Gasteiger partial charge in [0, 0.05) is 11.5 Å². The van der Waals surface area contributed by atoms with E-state index in [4.69, 9.17) is 0 Å². The molecule has 0 amide bonds. The number of fused-ring (bicyclic) bond motifs is 1. The Morgan fingerprint density at radius 2 is 2.07 bits per heavy atom. The number of allylic oxidation sites excluding steroid dienone is 1. The Balaban J connectivity index is 2.35. The Bertz CT molecular complexity index is 377. The Hall–Kier alpha value is -1.37. The second-order valence-electron chi connectivity index (χ2n) is 3.71. The van der Waals surface area contributed by atoms with Gasteiger partial charge in [0.15, 0.2) is 5.78 Å². The first-order valence-electron chi connectivity index (χ1n) is 5.14. The molecule has 0 saturated carbocycles. The van der Waals surface area contributed by atoms with Crippen molar-refractivity contribution < 1.29 is 4.79 Å². The molecule has 0 fully saturated rings. The van der Waals surface area contributed by atoms with Crippen molar-refractivity contribution in [1.29, 1.82) is 0 Å². The maximum atomic E-state index is 12.0. The highest BCUT2D eigenvalue weighted by atomic mass is 16.1. The third kappa shape index (κ3) is 1.50. The molecule has 0 bridgehead atoms. The number of carbonyl (C=O) groups is 1. The zero-order chi connectivity index (χ0) is 9.97. The van der Waals surface area contributed by atoms with E-state index in [1.807, 2.05) is 30.3 Å². The molecule has 0 spiro atoms. The molecule has 1 unspecified atom stereocenters. The summed E-state index contributed by atoms with van der Waals surface area (Å²) >= 11 is 0. The smallest absolute Gasteiger partial charge is 0.170 e. The summed E-state index contributed by atoms with van der Waals surface area (Å²) in [6.45, 7) is 2.11. The van der Waals surface area contributed by atoms with E-state index in [9.17, 15) is 4.79 Å². The summed E-state index contributed by atoms with van der Waals surface area (Å²) in [7, 11) is 0. The lowest BCUT2D eigenvalue weighted by Gasteiger charge is -2.17. The molecule has 0 N–H and O–H groups in total. The van der Waals surface area contributed by atoms with Crippen LogP contribution in [0.4, 0.5) is 0 Å². The molecule has 72 valence electrons. The van der Waals surface area contributed by atoms with Crippen molar-refractivity contribution in [3.63, 3.8) is 0 Å². The van der Waals surface area contributed by atoms with Gasteiger partial charge < -0.3 is 0 Å². The Morgan fingerprint density at radius 1 is 1.29 bits per heavy atom. The van der Waals surface area contributed by atoms with E-state index in [-0.39, 0.29) is 11.7 Å². The van der Waals surface area contributed by atoms with E-state index >= 15 is 0 Å². The highest BCUT2D eigenvalue weighted by Crippen LogP contribution is 2.25. The molecule has 1 aliphatic rings. The van der Waals surface area contributed by atoms with Gasteiger partial charge in [-0.2, -0.15) is 0 Å². The van der Waals surface area contributed by atoms with Crippen LogP contribution in [0.3, 0.4) is 0 Å². The van der Waals surface area contributed by atoms with Crippen molar-refractivity contribution in [2.45, 2.75) is 19.8 Å². The second kappa shape index (κ2) is 3.79. The predicted octanol–water partition coefficient (Wildman–Crippen LogP) is 3.31. The first-order chi connectivity index (χ1) is 6.83. The van der Waals surface area contributed by atoms with E-state index in [2.05, 4.69) is 13.0 Å². The van der Waals surface area contributed by atoms with Gasteiger partial charge in [0.25, 0.3) is 0 Å². The minimum atomic E-state index is 0.106. The Kier molecular flexibility index (Phi) is 2.49. The van der Waals surface area contributed by atoms with E-state index in [0.29, 0.717) is 0 Å². The van der Waals surface area contributed by atoms with Gasteiger partial charge in [-0.1, -0.05) is 49.8 Å². The molecule has 0 saturated heterocycles. The topological polar surface area (TPSA) is 17.1 Å². The highest BCUT2D eigenvalue weighted by Gasteiger charge is 2.21. The van der Waals surface area contributed by atoms with Gasteiger partial charge in [-0.15, -0.1) is 0 Å². The fourth-order valence-electron chi connectivity index (χ4n) is 1.91. The van der Waals surface area contributed by atoms with Crippen LogP contribution in [0.1, 0.15) is 35.7 Å². The van der Waals surface area contributed by atoms with Gasteiger partial charge in [0.1, 0.15) is 0 Å². The van der Waals surface area contributed by atoms with E-state index < -0.39 is 0 Å². The molecule has 2 rings (SSSR count). The summed E-state index contributed by atoms with van der Waals surface area (Å²) < 4.78 is 0. The molecule has 0 radical (unpaired) electrons. The molecule has 1 aromatic rings. The zero-order valence-electron chi connectivity index (χ0n) is 8.36. The molecule has 1 heteroatoms. The monoisotopic (exact) mass is 186 g/mol. The Morgan fingerprint density at radius 3 is 2.86 bits per heavy atom. The summed E-state index contributed by atoms with van der Waals surface area (Å²) in [5.74, 6) is 0.389.